The molecular weight excluding hydrogens is 255 g/mol. The maximum atomic E-state index is 6.19. The van der Waals surface area contributed by atoms with Gasteiger partial charge in [0.1, 0.15) is 5.15 Å². The lowest BCUT2D eigenvalue weighted by molar-refractivity contribution is 0.575. The molecule has 2 rings (SSSR count). The van der Waals surface area contributed by atoms with Gasteiger partial charge >= 0.3 is 0 Å². The summed E-state index contributed by atoms with van der Waals surface area (Å²) in [6.07, 6.45) is 4.21. The molecule has 0 radical (unpaired) electrons. The van der Waals surface area contributed by atoms with Crippen molar-refractivity contribution >= 4 is 23.2 Å². The SMILES string of the molecule is CCC1=CC(C)C(C)c2nc(Cl)nc(Cl)c2C1. The van der Waals surface area contributed by atoms with Gasteiger partial charge in [0.05, 0.1) is 5.69 Å². The molecular formula is C13H16Cl2N2. The van der Waals surface area contributed by atoms with E-state index in [0.717, 1.165) is 24.1 Å². The Balaban J connectivity index is 2.57. The van der Waals surface area contributed by atoms with E-state index >= 15 is 0 Å². The Morgan fingerprint density at radius 2 is 2.00 bits per heavy atom. The lowest BCUT2D eigenvalue weighted by atomic mass is 9.92. The summed E-state index contributed by atoms with van der Waals surface area (Å²) in [6, 6.07) is 0. The minimum atomic E-state index is 0.243. The number of halogens is 2. The molecule has 1 aromatic rings. The zero-order valence-electron chi connectivity index (χ0n) is 10.3. The molecule has 0 aliphatic heterocycles. The quantitative estimate of drug-likeness (QED) is 0.429. The minimum absolute atomic E-state index is 0.243. The van der Waals surface area contributed by atoms with Crippen molar-refractivity contribution in [3.8, 4) is 0 Å². The van der Waals surface area contributed by atoms with Gasteiger partial charge in [-0.2, -0.15) is 0 Å². The predicted octanol–water partition coefficient (Wildman–Crippen LogP) is 4.42. The average Bonchev–Trinajstić information content (AvgIpc) is 2.39. The number of allylic oxidation sites excluding steroid dienone is 2. The van der Waals surface area contributed by atoms with Crippen LogP contribution in [0, 0.1) is 5.92 Å². The Kier molecular flexibility index (Phi) is 3.74. The van der Waals surface area contributed by atoms with Crippen LogP contribution in [0.25, 0.3) is 0 Å². The smallest absolute Gasteiger partial charge is 0.222 e. The molecule has 0 saturated carbocycles. The fraction of sp³-hybridized carbons (Fsp3) is 0.538. The van der Waals surface area contributed by atoms with Gasteiger partial charge < -0.3 is 0 Å². The number of hydrogen-bond acceptors (Lipinski definition) is 2. The second-order valence-electron chi connectivity index (χ2n) is 4.65. The standard InChI is InChI=1S/C13H16Cl2N2/c1-4-9-5-7(2)8(3)11-10(6-9)12(14)17-13(15)16-11/h5,7-8H,4,6H2,1-3H3. The van der Waals surface area contributed by atoms with E-state index in [4.69, 9.17) is 23.2 Å². The lowest BCUT2D eigenvalue weighted by Crippen LogP contribution is -2.08. The van der Waals surface area contributed by atoms with Crippen molar-refractivity contribution in [1.82, 2.24) is 9.97 Å². The molecule has 0 saturated heterocycles. The van der Waals surface area contributed by atoms with E-state index in [0.29, 0.717) is 17.0 Å². The van der Waals surface area contributed by atoms with Gasteiger partial charge in [-0.05, 0) is 30.4 Å². The van der Waals surface area contributed by atoms with E-state index in [1.165, 1.54) is 5.57 Å². The predicted molar refractivity (Wildman–Crippen MR) is 71.7 cm³/mol. The molecule has 2 unspecified atom stereocenters. The summed E-state index contributed by atoms with van der Waals surface area (Å²) in [5.41, 5.74) is 3.44. The first kappa shape index (κ1) is 12.8. The summed E-state index contributed by atoms with van der Waals surface area (Å²) in [6.45, 7) is 6.54. The molecule has 4 heteroatoms. The monoisotopic (exact) mass is 270 g/mol. The van der Waals surface area contributed by atoms with Crippen LogP contribution in [0.2, 0.25) is 10.4 Å². The van der Waals surface area contributed by atoms with Crippen LogP contribution < -0.4 is 0 Å². The maximum absolute atomic E-state index is 6.19. The first-order chi connectivity index (χ1) is 8.02. The van der Waals surface area contributed by atoms with E-state index in [2.05, 4.69) is 36.8 Å². The Morgan fingerprint density at radius 3 is 2.65 bits per heavy atom. The number of rotatable bonds is 1. The average molecular weight is 271 g/mol. The number of aromatic nitrogens is 2. The van der Waals surface area contributed by atoms with E-state index in [1.807, 2.05) is 0 Å². The van der Waals surface area contributed by atoms with E-state index in [-0.39, 0.29) is 5.28 Å². The fourth-order valence-electron chi connectivity index (χ4n) is 2.28. The summed E-state index contributed by atoms with van der Waals surface area (Å²) < 4.78 is 0. The highest BCUT2D eigenvalue weighted by Crippen LogP contribution is 2.36. The fourth-order valence-corrected chi connectivity index (χ4v) is 2.74. The lowest BCUT2D eigenvalue weighted by Gasteiger charge is -2.16. The largest absolute Gasteiger partial charge is 0.224 e. The molecule has 0 bridgehead atoms. The first-order valence-electron chi connectivity index (χ1n) is 5.94. The van der Waals surface area contributed by atoms with E-state index < -0.39 is 0 Å². The first-order valence-corrected chi connectivity index (χ1v) is 6.69. The van der Waals surface area contributed by atoms with Gasteiger partial charge in [0.25, 0.3) is 0 Å². The van der Waals surface area contributed by atoms with Crippen LogP contribution >= 0.6 is 23.2 Å². The molecule has 0 N–H and O–H groups in total. The topological polar surface area (TPSA) is 25.8 Å². The molecule has 1 aliphatic carbocycles. The van der Waals surface area contributed by atoms with Crippen molar-refractivity contribution in [2.75, 3.05) is 0 Å². The summed E-state index contributed by atoms with van der Waals surface area (Å²) in [7, 11) is 0. The summed E-state index contributed by atoms with van der Waals surface area (Å²) in [5.74, 6) is 0.778. The third-order valence-corrected chi connectivity index (χ3v) is 4.02. The molecule has 17 heavy (non-hydrogen) atoms. The van der Waals surface area contributed by atoms with Crippen molar-refractivity contribution < 1.29 is 0 Å². The molecule has 1 heterocycles. The van der Waals surface area contributed by atoms with Crippen LogP contribution in [-0.2, 0) is 6.42 Å². The number of fused-ring (bicyclic) bond motifs is 1. The second-order valence-corrected chi connectivity index (χ2v) is 5.35. The Hall–Kier alpha value is -0.600. The van der Waals surface area contributed by atoms with Gasteiger partial charge in [0.2, 0.25) is 5.28 Å². The Labute approximate surface area is 112 Å². The molecule has 0 amide bonds. The van der Waals surface area contributed by atoms with Gasteiger partial charge in [-0.3, -0.25) is 0 Å². The van der Waals surface area contributed by atoms with E-state index in [9.17, 15) is 0 Å². The molecule has 2 atom stereocenters. The van der Waals surface area contributed by atoms with Crippen LogP contribution in [0.1, 0.15) is 44.4 Å². The summed E-state index contributed by atoms with van der Waals surface area (Å²) in [4.78, 5) is 8.42. The van der Waals surface area contributed by atoms with Gasteiger partial charge in [-0.15, -0.1) is 0 Å². The highest BCUT2D eigenvalue weighted by Gasteiger charge is 2.25. The van der Waals surface area contributed by atoms with Crippen LogP contribution in [-0.4, -0.2) is 9.97 Å². The molecule has 1 aromatic heterocycles. The normalized spacial score (nSPS) is 23.9. The molecule has 92 valence electrons. The van der Waals surface area contributed by atoms with Gasteiger partial charge in [0.15, 0.2) is 0 Å². The molecule has 0 fully saturated rings. The third kappa shape index (κ3) is 2.48. The Bertz CT molecular complexity index is 469. The van der Waals surface area contributed by atoms with Crippen LogP contribution in [0.4, 0.5) is 0 Å². The van der Waals surface area contributed by atoms with Crippen LogP contribution in [0.15, 0.2) is 11.6 Å². The third-order valence-electron chi connectivity index (χ3n) is 3.54. The van der Waals surface area contributed by atoms with Gasteiger partial charge in [-0.1, -0.05) is 44.0 Å². The van der Waals surface area contributed by atoms with Crippen molar-refractivity contribution in [2.24, 2.45) is 5.92 Å². The maximum Gasteiger partial charge on any atom is 0.224 e. The second kappa shape index (κ2) is 4.95. The highest BCUT2D eigenvalue weighted by molar-refractivity contribution is 6.32. The highest BCUT2D eigenvalue weighted by atomic mass is 35.5. The van der Waals surface area contributed by atoms with Gasteiger partial charge in [-0.25, -0.2) is 9.97 Å². The number of nitrogens with zero attached hydrogens (tertiary/aromatic N) is 2. The van der Waals surface area contributed by atoms with Crippen LogP contribution in [0.5, 0.6) is 0 Å². The van der Waals surface area contributed by atoms with Gasteiger partial charge in [0, 0.05) is 11.5 Å². The Morgan fingerprint density at radius 1 is 1.29 bits per heavy atom. The molecule has 0 aromatic carbocycles. The minimum Gasteiger partial charge on any atom is -0.222 e. The summed E-state index contributed by atoms with van der Waals surface area (Å²) in [5, 5.41) is 0.744. The zero-order valence-corrected chi connectivity index (χ0v) is 11.8. The molecule has 2 nitrogen and oxygen atoms in total. The molecule has 0 spiro atoms. The van der Waals surface area contributed by atoms with Crippen molar-refractivity contribution in [1.29, 1.82) is 0 Å². The molecule has 1 aliphatic rings. The van der Waals surface area contributed by atoms with Crippen molar-refractivity contribution in [2.45, 2.75) is 39.5 Å². The van der Waals surface area contributed by atoms with E-state index in [1.54, 1.807) is 0 Å². The zero-order chi connectivity index (χ0) is 12.6. The number of hydrogen-bond donors (Lipinski definition) is 0. The summed E-state index contributed by atoms with van der Waals surface area (Å²) >= 11 is 12.1. The van der Waals surface area contributed by atoms with Crippen LogP contribution in [0.3, 0.4) is 0 Å². The van der Waals surface area contributed by atoms with Crippen molar-refractivity contribution in [3.63, 3.8) is 0 Å². The van der Waals surface area contributed by atoms with Crippen molar-refractivity contribution in [3.05, 3.63) is 33.3 Å².